The van der Waals surface area contributed by atoms with Crippen molar-refractivity contribution < 1.29 is 4.79 Å². The molecule has 0 aromatic rings. The number of carbonyl (C=O) groups excluding carboxylic acids is 1. The summed E-state index contributed by atoms with van der Waals surface area (Å²) >= 11 is 0. The molecule has 1 unspecified atom stereocenters. The van der Waals surface area contributed by atoms with E-state index in [1.165, 1.54) is 0 Å². The van der Waals surface area contributed by atoms with Gasteiger partial charge in [0.15, 0.2) is 0 Å². The monoisotopic (exact) mass is 298 g/mol. The number of likely N-dealkylation sites (N-methyl/N-ethyl adjacent to an activating group) is 2. The fourth-order valence-electron chi connectivity index (χ4n) is 3.25. The lowest BCUT2D eigenvalue weighted by Gasteiger charge is -2.38. The molecule has 1 aliphatic heterocycles. The van der Waals surface area contributed by atoms with E-state index in [9.17, 15) is 4.79 Å². The summed E-state index contributed by atoms with van der Waals surface area (Å²) in [5, 5.41) is 6.12. The summed E-state index contributed by atoms with van der Waals surface area (Å²) in [6.45, 7) is 14.6. The summed E-state index contributed by atoms with van der Waals surface area (Å²) in [7, 11) is 4.26. The number of hydrogen-bond donors (Lipinski definition) is 2. The standard InChI is InChI=1S/C16H34N4O/c1-15(2,3)12-16(4,5)18-14(21)17-10-13-11-19(6)8-9-20(13)7/h13H,8-12H2,1-7H3,(H2,17,18,21). The lowest BCUT2D eigenvalue weighted by Crippen LogP contribution is -2.57. The molecule has 0 spiro atoms. The molecule has 1 rings (SSSR count). The van der Waals surface area contributed by atoms with Crippen LogP contribution in [0.2, 0.25) is 0 Å². The second kappa shape index (κ2) is 6.97. The Morgan fingerprint density at radius 2 is 1.76 bits per heavy atom. The van der Waals surface area contributed by atoms with Gasteiger partial charge in [-0.2, -0.15) is 0 Å². The van der Waals surface area contributed by atoms with Gasteiger partial charge in [0.1, 0.15) is 0 Å². The number of urea groups is 1. The fourth-order valence-corrected chi connectivity index (χ4v) is 3.25. The maximum Gasteiger partial charge on any atom is 0.315 e. The van der Waals surface area contributed by atoms with E-state index in [0.717, 1.165) is 26.1 Å². The first kappa shape index (κ1) is 18.2. The number of rotatable bonds is 4. The SMILES string of the molecule is CN1CCN(C)C(CNC(=O)NC(C)(C)CC(C)(C)C)C1. The molecule has 2 N–H and O–H groups in total. The van der Waals surface area contributed by atoms with Gasteiger partial charge in [-0.15, -0.1) is 0 Å². The quantitative estimate of drug-likeness (QED) is 0.831. The normalized spacial score (nSPS) is 22.1. The van der Waals surface area contributed by atoms with Crippen molar-refractivity contribution in [1.29, 1.82) is 0 Å². The molecule has 0 bridgehead atoms. The van der Waals surface area contributed by atoms with Crippen molar-refractivity contribution in [1.82, 2.24) is 20.4 Å². The highest BCUT2D eigenvalue weighted by Gasteiger charge is 2.28. The van der Waals surface area contributed by atoms with Crippen LogP contribution in [0.25, 0.3) is 0 Å². The zero-order chi connectivity index (χ0) is 16.3. The van der Waals surface area contributed by atoms with Crippen LogP contribution in [0.3, 0.4) is 0 Å². The van der Waals surface area contributed by atoms with Crippen LogP contribution in [0.4, 0.5) is 4.79 Å². The minimum atomic E-state index is -0.197. The molecule has 1 heterocycles. The lowest BCUT2D eigenvalue weighted by molar-refractivity contribution is 0.114. The average molecular weight is 298 g/mol. The zero-order valence-electron chi connectivity index (χ0n) is 14.9. The van der Waals surface area contributed by atoms with Crippen molar-refractivity contribution in [2.45, 2.75) is 52.6 Å². The van der Waals surface area contributed by atoms with Crippen molar-refractivity contribution in [3.05, 3.63) is 0 Å². The molecule has 0 saturated carbocycles. The molecule has 21 heavy (non-hydrogen) atoms. The first-order valence-corrected chi connectivity index (χ1v) is 7.93. The molecule has 1 aliphatic rings. The molecular formula is C16H34N4O. The Kier molecular flexibility index (Phi) is 6.05. The van der Waals surface area contributed by atoms with E-state index in [-0.39, 0.29) is 17.0 Å². The minimum Gasteiger partial charge on any atom is -0.337 e. The van der Waals surface area contributed by atoms with Crippen molar-refractivity contribution >= 4 is 6.03 Å². The van der Waals surface area contributed by atoms with E-state index < -0.39 is 0 Å². The zero-order valence-corrected chi connectivity index (χ0v) is 14.9. The Morgan fingerprint density at radius 3 is 2.33 bits per heavy atom. The highest BCUT2D eigenvalue weighted by atomic mass is 16.2. The number of hydrogen-bond acceptors (Lipinski definition) is 3. The largest absolute Gasteiger partial charge is 0.337 e. The second-order valence-electron chi connectivity index (χ2n) is 8.35. The maximum absolute atomic E-state index is 12.1. The first-order chi connectivity index (χ1) is 9.48. The number of nitrogens with one attached hydrogen (secondary N) is 2. The summed E-state index contributed by atoms with van der Waals surface area (Å²) in [6, 6.07) is 0.325. The van der Waals surface area contributed by atoms with Gasteiger partial charge in [0.25, 0.3) is 0 Å². The molecule has 0 aromatic heterocycles. The molecule has 0 aromatic carbocycles. The maximum atomic E-state index is 12.1. The van der Waals surface area contributed by atoms with Crippen molar-refractivity contribution in [2.24, 2.45) is 5.41 Å². The molecule has 124 valence electrons. The molecule has 0 aliphatic carbocycles. The highest BCUT2D eigenvalue weighted by Crippen LogP contribution is 2.26. The molecular weight excluding hydrogens is 264 g/mol. The average Bonchev–Trinajstić information content (AvgIpc) is 2.26. The molecule has 5 nitrogen and oxygen atoms in total. The van der Waals surface area contributed by atoms with Gasteiger partial charge in [0, 0.05) is 37.8 Å². The number of amides is 2. The van der Waals surface area contributed by atoms with Crippen LogP contribution in [0.1, 0.15) is 41.0 Å². The molecule has 1 atom stereocenters. The predicted octanol–water partition coefficient (Wildman–Crippen LogP) is 1.75. The molecule has 5 heteroatoms. The summed E-state index contributed by atoms with van der Waals surface area (Å²) in [5.74, 6) is 0. The Morgan fingerprint density at radius 1 is 1.14 bits per heavy atom. The highest BCUT2D eigenvalue weighted by molar-refractivity contribution is 5.74. The van der Waals surface area contributed by atoms with Crippen LogP contribution in [0.5, 0.6) is 0 Å². The number of carbonyl (C=O) groups is 1. The van der Waals surface area contributed by atoms with Gasteiger partial charge in [0.2, 0.25) is 0 Å². The molecule has 1 fully saturated rings. The number of nitrogens with zero attached hydrogens (tertiary/aromatic N) is 2. The van der Waals surface area contributed by atoms with Gasteiger partial charge in [0.05, 0.1) is 0 Å². The number of piperazine rings is 1. The summed E-state index contributed by atoms with van der Waals surface area (Å²) in [5.41, 5.74) is 0.000666. The molecule has 2 amide bonds. The van der Waals surface area contributed by atoms with Crippen molar-refractivity contribution in [2.75, 3.05) is 40.3 Å². The van der Waals surface area contributed by atoms with E-state index >= 15 is 0 Å². The summed E-state index contributed by atoms with van der Waals surface area (Å²) < 4.78 is 0. The van der Waals surface area contributed by atoms with E-state index in [4.69, 9.17) is 0 Å². The van der Waals surface area contributed by atoms with Crippen LogP contribution in [0.15, 0.2) is 0 Å². The lowest BCUT2D eigenvalue weighted by atomic mass is 9.82. The van der Waals surface area contributed by atoms with Gasteiger partial charge in [-0.25, -0.2) is 4.79 Å². The van der Waals surface area contributed by atoms with Crippen LogP contribution in [0, 0.1) is 5.41 Å². The van der Waals surface area contributed by atoms with Gasteiger partial charge in [-0.1, -0.05) is 20.8 Å². The Labute approximate surface area is 130 Å². The fraction of sp³-hybridized carbons (Fsp3) is 0.938. The summed E-state index contributed by atoms with van der Waals surface area (Å²) in [4.78, 5) is 16.8. The minimum absolute atomic E-state index is 0.0640. The van der Waals surface area contributed by atoms with E-state index in [2.05, 4.69) is 69.1 Å². The Balaban J connectivity index is 2.39. The second-order valence-corrected chi connectivity index (χ2v) is 8.35. The topological polar surface area (TPSA) is 47.6 Å². The summed E-state index contributed by atoms with van der Waals surface area (Å²) in [6.07, 6.45) is 0.944. The van der Waals surface area contributed by atoms with Crippen molar-refractivity contribution in [3.63, 3.8) is 0 Å². The van der Waals surface area contributed by atoms with Gasteiger partial charge in [-0.05, 0) is 39.8 Å². The van der Waals surface area contributed by atoms with E-state index in [1.54, 1.807) is 0 Å². The molecule has 0 radical (unpaired) electrons. The molecule has 1 saturated heterocycles. The Hall–Kier alpha value is -0.810. The third-order valence-corrected chi connectivity index (χ3v) is 3.90. The van der Waals surface area contributed by atoms with Crippen molar-refractivity contribution in [3.8, 4) is 0 Å². The van der Waals surface area contributed by atoms with Crippen LogP contribution < -0.4 is 10.6 Å². The van der Waals surface area contributed by atoms with Gasteiger partial charge >= 0.3 is 6.03 Å². The van der Waals surface area contributed by atoms with Crippen LogP contribution in [-0.4, -0.2) is 67.7 Å². The van der Waals surface area contributed by atoms with Crippen LogP contribution >= 0.6 is 0 Å². The van der Waals surface area contributed by atoms with E-state index in [1.807, 2.05) is 0 Å². The Bertz CT molecular complexity index is 349. The third kappa shape index (κ3) is 7.14. The first-order valence-electron chi connectivity index (χ1n) is 7.93. The third-order valence-electron chi connectivity index (χ3n) is 3.90. The van der Waals surface area contributed by atoms with E-state index in [0.29, 0.717) is 12.6 Å². The predicted molar refractivity (Wildman–Crippen MR) is 88.6 cm³/mol. The van der Waals surface area contributed by atoms with Gasteiger partial charge in [-0.3, -0.25) is 4.90 Å². The van der Waals surface area contributed by atoms with Gasteiger partial charge < -0.3 is 15.5 Å². The van der Waals surface area contributed by atoms with Crippen LogP contribution in [-0.2, 0) is 0 Å². The smallest absolute Gasteiger partial charge is 0.315 e.